The van der Waals surface area contributed by atoms with Crippen molar-refractivity contribution in [3.05, 3.63) is 59.7 Å². The van der Waals surface area contributed by atoms with E-state index in [9.17, 15) is 0 Å². The van der Waals surface area contributed by atoms with E-state index in [1.54, 1.807) is 0 Å². The molecule has 0 unspecified atom stereocenters. The van der Waals surface area contributed by atoms with Crippen molar-refractivity contribution in [1.29, 1.82) is 0 Å². The van der Waals surface area contributed by atoms with E-state index in [1.165, 1.54) is 27.4 Å². The zero-order valence-electron chi connectivity index (χ0n) is 13.2. The van der Waals surface area contributed by atoms with E-state index in [4.69, 9.17) is 17.0 Å². The van der Waals surface area contributed by atoms with Crippen molar-refractivity contribution in [3.8, 4) is 11.1 Å². The van der Waals surface area contributed by atoms with Crippen molar-refractivity contribution >= 4 is 36.4 Å². The molecule has 0 nitrogen and oxygen atoms in total. The van der Waals surface area contributed by atoms with Crippen molar-refractivity contribution in [2.75, 3.05) is 0 Å². The monoisotopic (exact) mass is 424 g/mol. The first-order valence-electron chi connectivity index (χ1n) is 7.33. The van der Waals surface area contributed by atoms with Gasteiger partial charge in [0.05, 0.1) is 8.07 Å². The molecular weight excluding hydrogens is 406 g/mol. The van der Waals surface area contributed by atoms with Gasteiger partial charge >= 0.3 is 37.9 Å². The second-order valence-corrected chi connectivity index (χ2v) is 15.2. The minimum atomic E-state index is -1.19. The van der Waals surface area contributed by atoms with Gasteiger partial charge in [-0.3, -0.25) is 0 Å². The molecule has 0 aromatic heterocycles. The van der Waals surface area contributed by atoms with Crippen LogP contribution in [0.5, 0.6) is 0 Å². The van der Waals surface area contributed by atoms with Gasteiger partial charge in [-0.2, -0.15) is 0 Å². The van der Waals surface area contributed by atoms with Crippen molar-refractivity contribution in [1.82, 2.24) is 0 Å². The Labute approximate surface area is 153 Å². The summed E-state index contributed by atoms with van der Waals surface area (Å²) in [7, 11) is 8.68. The number of halogens is 2. The van der Waals surface area contributed by atoms with E-state index in [2.05, 4.69) is 74.3 Å². The summed E-state index contributed by atoms with van der Waals surface area (Å²) >= 11 is -0.826. The molecule has 22 heavy (non-hydrogen) atoms. The van der Waals surface area contributed by atoms with Gasteiger partial charge in [-0.05, 0) is 28.7 Å². The predicted molar refractivity (Wildman–Crippen MR) is 99.3 cm³/mol. The molecule has 0 aliphatic heterocycles. The summed E-state index contributed by atoms with van der Waals surface area (Å²) in [5.41, 5.74) is 5.56. The van der Waals surface area contributed by atoms with Crippen LogP contribution in [0.4, 0.5) is 0 Å². The molecule has 0 radical (unpaired) electrons. The second-order valence-electron chi connectivity index (χ2n) is 6.38. The third-order valence-electron chi connectivity index (χ3n) is 3.88. The van der Waals surface area contributed by atoms with Gasteiger partial charge in [0.1, 0.15) is 0 Å². The van der Waals surface area contributed by atoms with Crippen LogP contribution in [0.1, 0.15) is 11.1 Å². The average molecular weight is 427 g/mol. The molecule has 0 amide bonds. The summed E-state index contributed by atoms with van der Waals surface area (Å²) in [5, 5.41) is 1.53. The topological polar surface area (TPSA) is 0 Å². The maximum atomic E-state index is 4.93. The van der Waals surface area contributed by atoms with Gasteiger partial charge in [0.2, 0.25) is 0 Å². The minimum absolute atomic E-state index is 0.826. The third-order valence-corrected chi connectivity index (χ3v) is 5.95. The van der Waals surface area contributed by atoms with Crippen LogP contribution in [-0.2, 0) is 27.3 Å². The number of hydrogen-bond acceptors (Lipinski definition) is 0. The van der Waals surface area contributed by atoms with Crippen LogP contribution in [-0.4, -0.2) is 8.07 Å². The Bertz CT molecular complexity index is 658. The molecule has 1 aliphatic rings. The fourth-order valence-corrected chi connectivity index (χ4v) is 3.86. The van der Waals surface area contributed by atoms with Crippen LogP contribution in [0.25, 0.3) is 17.2 Å². The van der Waals surface area contributed by atoms with Crippen molar-refractivity contribution in [2.24, 2.45) is 0 Å². The van der Waals surface area contributed by atoms with E-state index >= 15 is 0 Å². The zero-order chi connectivity index (χ0) is 16.2. The van der Waals surface area contributed by atoms with Crippen LogP contribution in [0.15, 0.2) is 48.5 Å². The fraction of sp³-hybridized carbons (Fsp3) is 0.222. The van der Waals surface area contributed by atoms with E-state index in [1.807, 2.05) is 0 Å². The Morgan fingerprint density at radius 3 is 2.18 bits per heavy atom. The molecule has 2 aromatic rings. The molecule has 0 bridgehead atoms. The SMILES string of the molecule is C[Si](C)(C)c1ccc(-c2cccc3c2C=CC3)cc1.[Cl][Zr][Cl]. The van der Waals surface area contributed by atoms with Crippen LogP contribution in [0, 0.1) is 0 Å². The van der Waals surface area contributed by atoms with Crippen molar-refractivity contribution in [3.63, 3.8) is 0 Å². The average Bonchev–Trinajstić information content (AvgIpc) is 2.95. The van der Waals surface area contributed by atoms with Gasteiger partial charge in [0.15, 0.2) is 0 Å². The van der Waals surface area contributed by atoms with Gasteiger partial charge in [-0.25, -0.2) is 0 Å². The first-order valence-corrected chi connectivity index (χ1v) is 17.2. The van der Waals surface area contributed by atoms with E-state index in [-0.39, 0.29) is 0 Å². The van der Waals surface area contributed by atoms with Crippen LogP contribution >= 0.6 is 17.0 Å². The summed E-state index contributed by atoms with van der Waals surface area (Å²) < 4.78 is 0. The standard InChI is InChI=1S/C18H20Si.2ClH.Zr/c1-19(2,3)16-12-10-15(11-13-16)18-9-5-7-14-6-4-8-17(14)18;;;/h4-5,7-13H,6H2,1-3H3;2*1H;/q;;;+2/p-2. The van der Waals surface area contributed by atoms with Gasteiger partial charge in [0, 0.05) is 0 Å². The number of fused-ring (bicyclic) bond motifs is 1. The van der Waals surface area contributed by atoms with Gasteiger partial charge in [-0.15, -0.1) is 0 Å². The number of hydrogen-bond donors (Lipinski definition) is 0. The predicted octanol–water partition coefficient (Wildman–Crippen LogP) is 5.84. The van der Waals surface area contributed by atoms with Gasteiger partial charge in [-0.1, -0.05) is 79.4 Å². The molecule has 0 atom stereocenters. The molecular formula is C18H20Cl2SiZr. The number of benzene rings is 2. The van der Waals surface area contributed by atoms with Crippen LogP contribution in [0.3, 0.4) is 0 Å². The Kier molecular flexibility index (Phi) is 6.71. The number of rotatable bonds is 2. The Morgan fingerprint density at radius 2 is 1.59 bits per heavy atom. The molecule has 2 aromatic carbocycles. The molecule has 0 saturated carbocycles. The molecule has 0 fully saturated rings. The summed E-state index contributed by atoms with van der Waals surface area (Å²) in [5.74, 6) is 0. The molecule has 4 heteroatoms. The third kappa shape index (κ3) is 4.45. The Morgan fingerprint density at radius 1 is 0.955 bits per heavy atom. The number of allylic oxidation sites excluding steroid dienone is 1. The van der Waals surface area contributed by atoms with Crippen LogP contribution in [0.2, 0.25) is 19.6 Å². The molecule has 3 rings (SSSR count). The molecule has 1 aliphatic carbocycles. The van der Waals surface area contributed by atoms with E-state index in [0.29, 0.717) is 0 Å². The Hall–Kier alpha value is -0.140. The Balaban J connectivity index is 0.000000545. The molecule has 0 heterocycles. The van der Waals surface area contributed by atoms with E-state index < -0.39 is 28.9 Å². The summed E-state index contributed by atoms with van der Waals surface area (Å²) in [6, 6.07) is 15.9. The molecule has 114 valence electrons. The maximum absolute atomic E-state index is 4.93. The summed E-state index contributed by atoms with van der Waals surface area (Å²) in [4.78, 5) is 0. The van der Waals surface area contributed by atoms with Gasteiger partial charge < -0.3 is 0 Å². The van der Waals surface area contributed by atoms with Crippen LogP contribution < -0.4 is 5.19 Å². The van der Waals surface area contributed by atoms with Crippen molar-refractivity contribution < 1.29 is 20.8 Å². The quantitative estimate of drug-likeness (QED) is 0.529. The zero-order valence-corrected chi connectivity index (χ0v) is 18.1. The van der Waals surface area contributed by atoms with Crippen molar-refractivity contribution in [2.45, 2.75) is 26.1 Å². The van der Waals surface area contributed by atoms with E-state index in [0.717, 1.165) is 6.42 Å². The molecule has 0 N–H and O–H groups in total. The fourth-order valence-electron chi connectivity index (χ4n) is 2.69. The van der Waals surface area contributed by atoms with Gasteiger partial charge in [0.25, 0.3) is 0 Å². The molecule has 0 spiro atoms. The second kappa shape index (κ2) is 8.11. The first-order chi connectivity index (χ1) is 10.5. The summed E-state index contributed by atoms with van der Waals surface area (Å²) in [6.45, 7) is 7.18. The summed E-state index contributed by atoms with van der Waals surface area (Å²) in [6.07, 6.45) is 5.60. The molecule has 0 saturated heterocycles. The normalized spacial score (nSPS) is 12.4. The first kappa shape index (κ1) is 18.2.